The smallest absolute Gasteiger partial charge is 0.118 e. The van der Waals surface area contributed by atoms with Gasteiger partial charge in [-0.3, -0.25) is 4.99 Å². The minimum absolute atomic E-state index is 0.869. The predicted molar refractivity (Wildman–Crippen MR) is 121 cm³/mol. The number of aliphatic imine (C=N–C) groups is 1. The largest absolute Gasteiger partial charge is 0.497 e. The van der Waals surface area contributed by atoms with Gasteiger partial charge in [-0.2, -0.15) is 0 Å². The van der Waals surface area contributed by atoms with Gasteiger partial charge in [0.2, 0.25) is 0 Å². The maximum atomic E-state index is 5.32. The van der Waals surface area contributed by atoms with Crippen molar-refractivity contribution in [3.63, 3.8) is 0 Å². The van der Waals surface area contributed by atoms with E-state index in [9.17, 15) is 0 Å². The Morgan fingerprint density at radius 2 is 1.61 bits per heavy atom. The molecule has 2 nitrogen and oxygen atoms in total. The molecule has 2 aromatic rings. The molecule has 1 aliphatic rings. The second kappa shape index (κ2) is 10.1. The third-order valence-corrected chi connectivity index (χ3v) is 5.30. The van der Waals surface area contributed by atoms with E-state index in [1.54, 1.807) is 7.11 Å². The zero-order valence-corrected chi connectivity index (χ0v) is 17.4. The minimum atomic E-state index is 0.869. The van der Waals surface area contributed by atoms with Gasteiger partial charge < -0.3 is 4.74 Å². The number of allylic oxidation sites excluding steroid dienone is 3. The van der Waals surface area contributed by atoms with Crippen LogP contribution >= 0.6 is 0 Å². The van der Waals surface area contributed by atoms with Gasteiger partial charge in [-0.05, 0) is 67.2 Å². The lowest BCUT2D eigenvalue weighted by molar-refractivity contribution is 0.415. The van der Waals surface area contributed by atoms with Crippen molar-refractivity contribution >= 4 is 17.5 Å². The zero-order chi connectivity index (χ0) is 19.8. The fourth-order valence-corrected chi connectivity index (χ4v) is 3.54. The summed E-state index contributed by atoms with van der Waals surface area (Å²) in [7, 11) is 1.70. The fourth-order valence-electron chi connectivity index (χ4n) is 3.54. The molecule has 2 aromatic carbocycles. The lowest BCUT2D eigenvalue weighted by Crippen LogP contribution is -1.91. The van der Waals surface area contributed by atoms with E-state index in [4.69, 9.17) is 9.73 Å². The fraction of sp³-hybridized carbons (Fsp3) is 0.346. The Labute approximate surface area is 169 Å². The number of hydrogen-bond donors (Lipinski definition) is 0. The normalized spacial score (nSPS) is 14.0. The van der Waals surface area contributed by atoms with Crippen molar-refractivity contribution in [2.75, 3.05) is 7.11 Å². The van der Waals surface area contributed by atoms with E-state index in [0.29, 0.717) is 0 Å². The van der Waals surface area contributed by atoms with Crippen LogP contribution in [0.1, 0.15) is 62.1 Å². The van der Waals surface area contributed by atoms with E-state index < -0.39 is 0 Å². The van der Waals surface area contributed by atoms with Gasteiger partial charge in [-0.25, -0.2) is 0 Å². The molecule has 0 unspecified atom stereocenters. The van der Waals surface area contributed by atoms with Crippen LogP contribution in [0.5, 0.6) is 5.75 Å². The Kier molecular flexibility index (Phi) is 7.25. The van der Waals surface area contributed by atoms with Crippen molar-refractivity contribution in [2.24, 2.45) is 4.99 Å². The highest BCUT2D eigenvalue weighted by molar-refractivity contribution is 5.97. The number of aryl methyl sites for hydroxylation is 1. The molecule has 1 aliphatic heterocycles. The molecule has 0 aromatic heterocycles. The quantitative estimate of drug-likeness (QED) is 0.447. The van der Waals surface area contributed by atoms with Gasteiger partial charge >= 0.3 is 0 Å². The molecule has 0 radical (unpaired) electrons. The van der Waals surface area contributed by atoms with E-state index in [1.165, 1.54) is 48.0 Å². The maximum absolute atomic E-state index is 5.32. The van der Waals surface area contributed by atoms with Gasteiger partial charge in [-0.15, -0.1) is 0 Å². The first-order valence-corrected chi connectivity index (χ1v) is 10.4. The molecule has 0 saturated carbocycles. The molecule has 0 N–H and O–H groups in total. The van der Waals surface area contributed by atoms with Crippen molar-refractivity contribution in [1.82, 2.24) is 0 Å². The highest BCUT2D eigenvalue weighted by Gasteiger charge is 2.13. The molecule has 0 saturated heterocycles. The molecule has 28 heavy (non-hydrogen) atoms. The van der Waals surface area contributed by atoms with Crippen LogP contribution in [0.25, 0.3) is 11.3 Å². The molecule has 0 bridgehead atoms. The Morgan fingerprint density at radius 3 is 2.29 bits per heavy atom. The molecule has 0 atom stereocenters. The average molecular weight is 374 g/mol. The Hall–Kier alpha value is -2.61. The van der Waals surface area contributed by atoms with E-state index in [0.717, 1.165) is 29.9 Å². The Bertz CT molecular complexity index is 854. The minimum Gasteiger partial charge on any atom is -0.497 e. The summed E-state index contributed by atoms with van der Waals surface area (Å²) in [5.74, 6) is 0.869. The summed E-state index contributed by atoms with van der Waals surface area (Å²) < 4.78 is 5.32. The van der Waals surface area contributed by atoms with Crippen molar-refractivity contribution in [3.8, 4) is 5.75 Å². The topological polar surface area (TPSA) is 21.6 Å². The zero-order valence-electron chi connectivity index (χ0n) is 17.4. The SMILES string of the molecule is CCCCCCC1=CCC(c2ccc(C)cc2)=C(c2ccc(OC)cc2)N=C1. The molecule has 0 amide bonds. The van der Waals surface area contributed by atoms with Crippen molar-refractivity contribution in [2.45, 2.75) is 52.4 Å². The number of ether oxygens (including phenoxy) is 1. The van der Waals surface area contributed by atoms with Crippen LogP contribution in [-0.2, 0) is 0 Å². The van der Waals surface area contributed by atoms with Gasteiger partial charge in [0, 0.05) is 11.8 Å². The van der Waals surface area contributed by atoms with Crippen LogP contribution < -0.4 is 4.74 Å². The second-order valence-electron chi connectivity index (χ2n) is 7.47. The summed E-state index contributed by atoms with van der Waals surface area (Å²) in [6, 6.07) is 17.0. The van der Waals surface area contributed by atoms with Crippen LogP contribution in [-0.4, -0.2) is 13.3 Å². The summed E-state index contributed by atoms with van der Waals surface area (Å²) in [6.45, 7) is 4.38. The first-order chi connectivity index (χ1) is 13.7. The summed E-state index contributed by atoms with van der Waals surface area (Å²) in [6.07, 6.45) is 11.6. The summed E-state index contributed by atoms with van der Waals surface area (Å²) in [5, 5.41) is 0. The number of unbranched alkanes of at least 4 members (excludes halogenated alkanes) is 3. The third kappa shape index (κ3) is 5.22. The highest BCUT2D eigenvalue weighted by Crippen LogP contribution is 2.33. The first kappa shape index (κ1) is 20.1. The molecule has 0 fully saturated rings. The summed E-state index contributed by atoms with van der Waals surface area (Å²) in [5.41, 5.74) is 7.35. The van der Waals surface area contributed by atoms with Crippen LogP contribution in [0.2, 0.25) is 0 Å². The van der Waals surface area contributed by atoms with E-state index in [-0.39, 0.29) is 0 Å². The van der Waals surface area contributed by atoms with Gasteiger partial charge in [-0.1, -0.05) is 62.1 Å². The summed E-state index contributed by atoms with van der Waals surface area (Å²) in [4.78, 5) is 4.96. The van der Waals surface area contributed by atoms with Gasteiger partial charge in [0.1, 0.15) is 5.75 Å². The van der Waals surface area contributed by atoms with Crippen molar-refractivity contribution in [3.05, 3.63) is 76.9 Å². The molecular formula is C26H31NO. The van der Waals surface area contributed by atoms with Gasteiger partial charge in [0.05, 0.1) is 12.8 Å². The van der Waals surface area contributed by atoms with E-state index >= 15 is 0 Å². The number of rotatable bonds is 8. The highest BCUT2D eigenvalue weighted by atomic mass is 16.5. The molecule has 146 valence electrons. The Morgan fingerprint density at radius 1 is 0.893 bits per heavy atom. The summed E-state index contributed by atoms with van der Waals surface area (Å²) >= 11 is 0. The number of methoxy groups -OCH3 is 1. The predicted octanol–water partition coefficient (Wildman–Crippen LogP) is 7.24. The lowest BCUT2D eigenvalue weighted by Gasteiger charge is -2.12. The van der Waals surface area contributed by atoms with Gasteiger partial charge in [0.15, 0.2) is 0 Å². The van der Waals surface area contributed by atoms with Crippen LogP contribution in [0.15, 0.2) is 65.2 Å². The average Bonchev–Trinajstić information content (AvgIpc) is 2.95. The van der Waals surface area contributed by atoms with E-state index in [1.807, 2.05) is 12.1 Å². The number of benzene rings is 2. The molecule has 3 rings (SSSR count). The molecule has 1 heterocycles. The molecule has 0 aliphatic carbocycles. The molecule has 2 heteroatoms. The monoisotopic (exact) mass is 373 g/mol. The van der Waals surface area contributed by atoms with Crippen molar-refractivity contribution < 1.29 is 4.74 Å². The van der Waals surface area contributed by atoms with Crippen molar-refractivity contribution in [1.29, 1.82) is 0 Å². The maximum Gasteiger partial charge on any atom is 0.118 e. The second-order valence-corrected chi connectivity index (χ2v) is 7.47. The van der Waals surface area contributed by atoms with Crippen LogP contribution in [0, 0.1) is 6.92 Å². The first-order valence-electron chi connectivity index (χ1n) is 10.4. The van der Waals surface area contributed by atoms with Gasteiger partial charge in [0.25, 0.3) is 0 Å². The molecule has 0 spiro atoms. The number of hydrogen-bond acceptors (Lipinski definition) is 2. The molecular weight excluding hydrogens is 342 g/mol. The Balaban J connectivity index is 1.92. The standard InChI is InChI=1S/C26H31NO/c1-4-5-6-7-8-21-11-18-25(22-12-9-20(2)10-13-22)26(27-19-21)23-14-16-24(28-3)17-15-23/h9-17,19H,4-8,18H2,1-3H3. The number of nitrogens with zero attached hydrogens (tertiary/aromatic N) is 1. The van der Waals surface area contributed by atoms with Crippen LogP contribution in [0.4, 0.5) is 0 Å². The van der Waals surface area contributed by atoms with E-state index in [2.05, 4.69) is 62.5 Å². The van der Waals surface area contributed by atoms with Crippen LogP contribution in [0.3, 0.4) is 0 Å². The lowest BCUT2D eigenvalue weighted by atomic mass is 9.95. The third-order valence-electron chi connectivity index (χ3n) is 5.30.